The smallest absolute Gasteiger partial charge is 0.201 e. The van der Waals surface area contributed by atoms with Crippen LogP contribution in [0.4, 0.5) is 5.95 Å². The fourth-order valence-electron chi connectivity index (χ4n) is 5.18. The molecule has 0 bridgehead atoms. The Bertz CT molecular complexity index is 1300. The third kappa shape index (κ3) is 3.29. The Morgan fingerprint density at radius 3 is 2.72 bits per heavy atom. The quantitative estimate of drug-likeness (QED) is 0.545. The number of likely N-dealkylation sites (tertiary alicyclic amines) is 1. The lowest BCUT2D eigenvalue weighted by molar-refractivity contribution is 0.248. The number of hydrogen-bond acceptors (Lipinski definition) is 5. The number of nitrogen functional groups attached to an aromatic ring is 1. The highest BCUT2D eigenvalue weighted by atomic mass is 15.2. The molecule has 0 aliphatic carbocycles. The van der Waals surface area contributed by atoms with Crippen LogP contribution in [0.3, 0.4) is 0 Å². The van der Waals surface area contributed by atoms with E-state index in [0.29, 0.717) is 5.95 Å². The van der Waals surface area contributed by atoms with Crippen molar-refractivity contribution in [1.82, 2.24) is 29.0 Å². The summed E-state index contributed by atoms with van der Waals surface area (Å²) in [4.78, 5) is 15.9. The Balaban J connectivity index is 1.23. The number of aryl methyl sites for hydroxylation is 2. The maximum atomic E-state index is 6.17. The van der Waals surface area contributed by atoms with Gasteiger partial charge < -0.3 is 19.8 Å². The minimum atomic E-state index is 0.565. The number of nitrogens with zero attached hydrogens (tertiary/aromatic N) is 6. The third-order valence-electron chi connectivity index (χ3n) is 6.88. The summed E-state index contributed by atoms with van der Waals surface area (Å²) in [6, 6.07) is 10.8. The van der Waals surface area contributed by atoms with Crippen LogP contribution in [0.2, 0.25) is 0 Å². The van der Waals surface area contributed by atoms with E-state index in [4.69, 9.17) is 10.7 Å². The van der Waals surface area contributed by atoms with Gasteiger partial charge in [0.25, 0.3) is 0 Å². The molecule has 2 aliphatic heterocycles. The lowest BCUT2D eigenvalue weighted by atomic mass is 9.90. The zero-order chi connectivity index (χ0) is 21.5. The number of imidazole rings is 2. The predicted molar refractivity (Wildman–Crippen MR) is 126 cm³/mol. The summed E-state index contributed by atoms with van der Waals surface area (Å²) in [7, 11) is 0. The molecule has 7 nitrogen and oxygen atoms in total. The summed E-state index contributed by atoms with van der Waals surface area (Å²) in [6.07, 6.45) is 10.8. The van der Waals surface area contributed by atoms with Gasteiger partial charge in [0.15, 0.2) is 0 Å². The van der Waals surface area contributed by atoms with Gasteiger partial charge in [-0.3, -0.25) is 4.98 Å². The average Bonchev–Trinajstić information content (AvgIpc) is 3.37. The van der Waals surface area contributed by atoms with Crippen molar-refractivity contribution in [3.05, 3.63) is 77.6 Å². The first-order valence-electron chi connectivity index (χ1n) is 11.4. The molecular formula is C25H27N7. The first-order chi connectivity index (χ1) is 15.8. The van der Waals surface area contributed by atoms with Gasteiger partial charge in [0, 0.05) is 56.9 Å². The standard InChI is InChI=1S/C25H27N7/c26-25-29-21-17-27-9-5-22(21)32(25)16-15-30-11-6-19(7-12-30)23-20-4-2-1-3-18(20)8-13-31-14-10-28-24(23)31/h1-5,9-10,14,17H,6-8,11-13,15-16H2,(H2,26,29). The number of piperidine rings is 1. The van der Waals surface area contributed by atoms with Gasteiger partial charge in [-0.15, -0.1) is 0 Å². The topological polar surface area (TPSA) is 77.8 Å². The molecule has 6 rings (SSSR count). The van der Waals surface area contributed by atoms with Gasteiger partial charge in [-0.1, -0.05) is 29.8 Å². The number of rotatable bonds is 3. The van der Waals surface area contributed by atoms with E-state index < -0.39 is 0 Å². The van der Waals surface area contributed by atoms with Crippen LogP contribution in [-0.2, 0) is 19.5 Å². The van der Waals surface area contributed by atoms with Crippen molar-refractivity contribution in [2.45, 2.75) is 32.4 Å². The highest BCUT2D eigenvalue weighted by Gasteiger charge is 2.25. The Hall–Kier alpha value is -3.45. The number of pyridine rings is 1. The summed E-state index contributed by atoms with van der Waals surface area (Å²) in [5.41, 5.74) is 13.8. The number of fused-ring (bicyclic) bond motifs is 3. The van der Waals surface area contributed by atoms with Crippen LogP contribution in [0, 0.1) is 0 Å². The second-order valence-corrected chi connectivity index (χ2v) is 8.66. The van der Waals surface area contributed by atoms with Crippen molar-refractivity contribution in [3.8, 4) is 0 Å². The minimum Gasteiger partial charge on any atom is -0.369 e. The minimum absolute atomic E-state index is 0.565. The lowest BCUT2D eigenvalue weighted by Gasteiger charge is -2.30. The second kappa shape index (κ2) is 7.91. The first kappa shape index (κ1) is 19.3. The van der Waals surface area contributed by atoms with E-state index in [2.05, 4.69) is 54.5 Å². The molecule has 1 aromatic carbocycles. The van der Waals surface area contributed by atoms with Crippen molar-refractivity contribution in [2.75, 3.05) is 25.4 Å². The normalized spacial score (nSPS) is 16.8. The number of aromatic nitrogens is 5. The fourth-order valence-corrected chi connectivity index (χ4v) is 5.18. The van der Waals surface area contributed by atoms with Crippen molar-refractivity contribution in [3.63, 3.8) is 0 Å². The molecule has 0 unspecified atom stereocenters. The number of anilines is 1. The highest BCUT2D eigenvalue weighted by molar-refractivity contribution is 5.81. The van der Waals surface area contributed by atoms with Gasteiger partial charge in [-0.25, -0.2) is 9.97 Å². The molecule has 0 radical (unpaired) electrons. The predicted octanol–water partition coefficient (Wildman–Crippen LogP) is 3.36. The molecule has 4 aromatic rings. The van der Waals surface area contributed by atoms with Crippen molar-refractivity contribution in [1.29, 1.82) is 0 Å². The molecular weight excluding hydrogens is 398 g/mol. The summed E-state index contributed by atoms with van der Waals surface area (Å²) >= 11 is 0. The van der Waals surface area contributed by atoms with E-state index in [1.165, 1.54) is 22.3 Å². The molecule has 32 heavy (non-hydrogen) atoms. The lowest BCUT2D eigenvalue weighted by Crippen LogP contribution is -2.34. The highest BCUT2D eigenvalue weighted by Crippen LogP contribution is 2.35. The molecule has 162 valence electrons. The van der Waals surface area contributed by atoms with Crippen LogP contribution in [-0.4, -0.2) is 48.6 Å². The molecule has 2 N–H and O–H groups in total. The van der Waals surface area contributed by atoms with E-state index in [0.717, 1.165) is 68.8 Å². The van der Waals surface area contributed by atoms with Gasteiger partial charge in [0.1, 0.15) is 11.3 Å². The Morgan fingerprint density at radius 1 is 0.938 bits per heavy atom. The molecule has 5 heterocycles. The Morgan fingerprint density at radius 2 is 1.81 bits per heavy atom. The van der Waals surface area contributed by atoms with Gasteiger partial charge in [-0.2, -0.15) is 0 Å². The van der Waals surface area contributed by atoms with Gasteiger partial charge in [0.05, 0.1) is 11.7 Å². The molecule has 0 amide bonds. The van der Waals surface area contributed by atoms with E-state index in [9.17, 15) is 0 Å². The molecule has 3 aromatic heterocycles. The van der Waals surface area contributed by atoms with Gasteiger partial charge >= 0.3 is 0 Å². The van der Waals surface area contributed by atoms with E-state index in [1.54, 1.807) is 12.4 Å². The Kier molecular flexibility index (Phi) is 4.76. The van der Waals surface area contributed by atoms with Gasteiger partial charge in [0.2, 0.25) is 5.95 Å². The zero-order valence-corrected chi connectivity index (χ0v) is 18.1. The zero-order valence-electron chi connectivity index (χ0n) is 18.1. The number of benzene rings is 1. The average molecular weight is 426 g/mol. The van der Waals surface area contributed by atoms with Crippen molar-refractivity contribution < 1.29 is 0 Å². The molecule has 7 heteroatoms. The maximum absolute atomic E-state index is 6.17. The first-order valence-corrected chi connectivity index (χ1v) is 11.4. The van der Waals surface area contributed by atoms with Crippen LogP contribution in [0.15, 0.2) is 60.7 Å². The van der Waals surface area contributed by atoms with Crippen molar-refractivity contribution >= 4 is 22.6 Å². The van der Waals surface area contributed by atoms with Crippen LogP contribution in [0.5, 0.6) is 0 Å². The fraction of sp³-hybridized carbons (Fsp3) is 0.320. The van der Waals surface area contributed by atoms with E-state index in [-0.39, 0.29) is 0 Å². The molecule has 0 atom stereocenters. The summed E-state index contributed by atoms with van der Waals surface area (Å²) < 4.78 is 4.42. The van der Waals surface area contributed by atoms with Crippen LogP contribution < -0.4 is 5.73 Å². The molecule has 0 spiro atoms. The molecule has 1 fully saturated rings. The van der Waals surface area contributed by atoms with Crippen LogP contribution in [0.1, 0.15) is 29.8 Å². The Labute approximate surface area is 187 Å². The second-order valence-electron chi connectivity index (χ2n) is 8.66. The number of nitrogens with two attached hydrogens (primary N) is 1. The largest absolute Gasteiger partial charge is 0.369 e. The monoisotopic (exact) mass is 425 g/mol. The van der Waals surface area contributed by atoms with E-state index >= 15 is 0 Å². The molecule has 2 aliphatic rings. The SMILES string of the molecule is Nc1nc2cnccc2n1CCN1CCC(=C2c3ccccc3CCn3ccnc32)CC1. The molecule has 0 saturated carbocycles. The van der Waals surface area contributed by atoms with Crippen LogP contribution >= 0.6 is 0 Å². The van der Waals surface area contributed by atoms with Crippen molar-refractivity contribution in [2.24, 2.45) is 0 Å². The van der Waals surface area contributed by atoms with Gasteiger partial charge in [-0.05, 0) is 36.5 Å². The summed E-state index contributed by atoms with van der Waals surface area (Å²) in [5, 5.41) is 0. The van der Waals surface area contributed by atoms with Crippen LogP contribution in [0.25, 0.3) is 16.6 Å². The summed E-state index contributed by atoms with van der Waals surface area (Å²) in [6.45, 7) is 4.90. The summed E-state index contributed by atoms with van der Waals surface area (Å²) in [5.74, 6) is 1.69. The van der Waals surface area contributed by atoms with E-state index in [1.807, 2.05) is 12.3 Å². The third-order valence-corrected chi connectivity index (χ3v) is 6.88. The number of hydrogen-bond donors (Lipinski definition) is 1. The molecule has 1 saturated heterocycles. The maximum Gasteiger partial charge on any atom is 0.201 e.